The molecule has 0 aliphatic heterocycles. The zero-order valence-corrected chi connectivity index (χ0v) is 5.22. The Bertz CT molecular complexity index is 138. The van der Waals surface area contributed by atoms with Crippen molar-refractivity contribution in [3.63, 3.8) is 0 Å². The lowest BCUT2D eigenvalue weighted by atomic mass is 9.73. The minimum atomic E-state index is -1.89. The molecule has 52 valence electrons. The Labute approximate surface area is 52.7 Å². The second kappa shape index (κ2) is 1.69. The normalized spacial score (nSPS) is 41.8. The molecule has 0 radical (unpaired) electrons. The molecule has 0 unspecified atom stereocenters. The summed E-state index contributed by atoms with van der Waals surface area (Å²) in [4.78, 5) is 10.1. The lowest BCUT2D eigenvalue weighted by Gasteiger charge is -2.35. The van der Waals surface area contributed by atoms with Crippen LogP contribution in [0.1, 0.15) is 19.8 Å². The highest BCUT2D eigenvalue weighted by atomic mass is 19.1. The highest BCUT2D eigenvalue weighted by Crippen LogP contribution is 2.40. The largest absolute Gasteiger partial charge is 0.479 e. The van der Waals surface area contributed by atoms with Gasteiger partial charge in [0.1, 0.15) is 0 Å². The first-order valence-electron chi connectivity index (χ1n) is 2.97. The van der Waals surface area contributed by atoms with Crippen LogP contribution in [0.25, 0.3) is 0 Å². The minimum absolute atomic E-state index is 0.183. The van der Waals surface area contributed by atoms with E-state index in [0.29, 0.717) is 0 Å². The third-order valence-corrected chi connectivity index (χ3v) is 1.73. The second-order valence-electron chi connectivity index (χ2n) is 2.78. The predicted octanol–water partition coefficient (Wildman–Crippen LogP) is 1.21. The van der Waals surface area contributed by atoms with Gasteiger partial charge < -0.3 is 5.11 Å². The zero-order chi connectivity index (χ0) is 7.07. The van der Waals surface area contributed by atoms with Gasteiger partial charge in [-0.25, -0.2) is 9.18 Å². The Kier molecular flexibility index (Phi) is 1.22. The SMILES string of the molecule is CC1CC(F)(C(=O)O)C1. The number of carboxylic acids is 1. The maximum Gasteiger partial charge on any atom is 0.341 e. The third kappa shape index (κ3) is 0.910. The molecule has 0 saturated heterocycles. The highest BCUT2D eigenvalue weighted by molar-refractivity contribution is 5.78. The molecule has 2 nitrogen and oxygen atoms in total. The molecule has 0 bridgehead atoms. The number of aliphatic carboxylic acids is 1. The van der Waals surface area contributed by atoms with Crippen molar-refractivity contribution >= 4 is 5.97 Å². The number of rotatable bonds is 1. The molecular formula is C6H9FO2. The fourth-order valence-corrected chi connectivity index (χ4v) is 1.22. The van der Waals surface area contributed by atoms with Crippen LogP contribution < -0.4 is 0 Å². The van der Waals surface area contributed by atoms with Gasteiger partial charge in [-0.3, -0.25) is 0 Å². The third-order valence-electron chi connectivity index (χ3n) is 1.73. The minimum Gasteiger partial charge on any atom is -0.479 e. The first-order chi connectivity index (χ1) is 4.04. The van der Waals surface area contributed by atoms with E-state index >= 15 is 0 Å². The summed E-state index contributed by atoms with van der Waals surface area (Å²) in [5.74, 6) is -1.06. The van der Waals surface area contributed by atoms with Crippen LogP contribution in [0, 0.1) is 5.92 Å². The van der Waals surface area contributed by atoms with Crippen LogP contribution in [0.15, 0.2) is 0 Å². The van der Waals surface area contributed by atoms with E-state index in [4.69, 9.17) is 5.11 Å². The molecule has 1 rings (SSSR count). The van der Waals surface area contributed by atoms with Gasteiger partial charge in [0, 0.05) is 0 Å². The van der Waals surface area contributed by atoms with Crippen molar-refractivity contribution in [2.24, 2.45) is 5.92 Å². The maximum atomic E-state index is 12.7. The van der Waals surface area contributed by atoms with Crippen molar-refractivity contribution < 1.29 is 14.3 Å². The summed E-state index contributed by atoms with van der Waals surface area (Å²) in [6.07, 6.45) is 0.366. The molecule has 3 heteroatoms. The number of halogens is 1. The molecule has 1 saturated carbocycles. The lowest BCUT2D eigenvalue weighted by Crippen LogP contribution is -2.45. The van der Waals surface area contributed by atoms with Gasteiger partial charge in [-0.2, -0.15) is 0 Å². The van der Waals surface area contributed by atoms with Crippen LogP contribution in [0.3, 0.4) is 0 Å². The van der Waals surface area contributed by atoms with Crippen molar-refractivity contribution in [2.75, 3.05) is 0 Å². The molecule has 1 aliphatic rings. The molecule has 0 atom stereocenters. The van der Waals surface area contributed by atoms with Crippen molar-refractivity contribution in [1.29, 1.82) is 0 Å². The second-order valence-corrected chi connectivity index (χ2v) is 2.78. The summed E-state index contributed by atoms with van der Waals surface area (Å²) >= 11 is 0. The average Bonchev–Trinajstić information content (AvgIpc) is 1.62. The molecular weight excluding hydrogens is 123 g/mol. The van der Waals surface area contributed by atoms with Gasteiger partial charge in [0.25, 0.3) is 0 Å². The zero-order valence-electron chi connectivity index (χ0n) is 5.22. The first kappa shape index (κ1) is 6.52. The quantitative estimate of drug-likeness (QED) is 0.582. The van der Waals surface area contributed by atoms with Crippen LogP contribution in [0.5, 0.6) is 0 Å². The fraction of sp³-hybridized carbons (Fsp3) is 0.833. The van der Waals surface area contributed by atoms with E-state index in [1.54, 1.807) is 0 Å². The Morgan fingerprint density at radius 1 is 1.78 bits per heavy atom. The van der Waals surface area contributed by atoms with Crippen molar-refractivity contribution in [3.8, 4) is 0 Å². The molecule has 1 fully saturated rings. The monoisotopic (exact) mass is 132 g/mol. The molecule has 0 heterocycles. The molecule has 0 spiro atoms. The number of carbonyl (C=O) groups is 1. The summed E-state index contributed by atoms with van der Waals surface area (Å²) in [7, 11) is 0. The maximum absolute atomic E-state index is 12.7. The van der Waals surface area contributed by atoms with Gasteiger partial charge in [0.05, 0.1) is 0 Å². The predicted molar refractivity (Wildman–Crippen MR) is 29.9 cm³/mol. The Morgan fingerprint density at radius 3 is 2.33 bits per heavy atom. The van der Waals surface area contributed by atoms with Crippen LogP contribution in [0.2, 0.25) is 0 Å². The smallest absolute Gasteiger partial charge is 0.341 e. The molecule has 0 aromatic heterocycles. The van der Waals surface area contributed by atoms with E-state index in [1.807, 2.05) is 6.92 Å². The number of hydrogen-bond acceptors (Lipinski definition) is 1. The van der Waals surface area contributed by atoms with E-state index in [-0.39, 0.29) is 18.8 Å². The lowest BCUT2D eigenvalue weighted by molar-refractivity contribution is -0.160. The molecule has 0 aromatic carbocycles. The molecule has 1 N–H and O–H groups in total. The number of alkyl halides is 1. The van der Waals surface area contributed by atoms with E-state index in [9.17, 15) is 9.18 Å². The fourth-order valence-electron chi connectivity index (χ4n) is 1.22. The molecule has 0 amide bonds. The summed E-state index contributed by atoms with van der Waals surface area (Å²) < 4.78 is 12.7. The molecule has 1 aliphatic carbocycles. The topological polar surface area (TPSA) is 37.3 Å². The summed E-state index contributed by atoms with van der Waals surface area (Å²) in [5, 5.41) is 8.24. The summed E-state index contributed by atoms with van der Waals surface area (Å²) in [6.45, 7) is 1.85. The summed E-state index contributed by atoms with van der Waals surface area (Å²) in [6, 6.07) is 0. The van der Waals surface area contributed by atoms with Gasteiger partial charge >= 0.3 is 5.97 Å². The van der Waals surface area contributed by atoms with E-state index < -0.39 is 11.6 Å². The Hall–Kier alpha value is -0.600. The van der Waals surface area contributed by atoms with Gasteiger partial charge in [-0.1, -0.05) is 6.92 Å². The van der Waals surface area contributed by atoms with E-state index in [2.05, 4.69) is 0 Å². The van der Waals surface area contributed by atoms with Crippen LogP contribution >= 0.6 is 0 Å². The Balaban J connectivity index is 2.50. The van der Waals surface area contributed by atoms with Gasteiger partial charge in [0.2, 0.25) is 5.67 Å². The van der Waals surface area contributed by atoms with Crippen molar-refractivity contribution in [2.45, 2.75) is 25.4 Å². The number of carboxylic acid groups (broad SMARTS) is 1. The molecule has 9 heavy (non-hydrogen) atoms. The van der Waals surface area contributed by atoms with Gasteiger partial charge in [-0.05, 0) is 18.8 Å². The van der Waals surface area contributed by atoms with E-state index in [1.165, 1.54) is 0 Å². The van der Waals surface area contributed by atoms with Crippen LogP contribution in [-0.2, 0) is 4.79 Å². The summed E-state index contributed by atoms with van der Waals surface area (Å²) in [5.41, 5.74) is -1.89. The van der Waals surface area contributed by atoms with Crippen LogP contribution in [0.4, 0.5) is 4.39 Å². The van der Waals surface area contributed by atoms with Gasteiger partial charge in [0.15, 0.2) is 0 Å². The highest BCUT2D eigenvalue weighted by Gasteiger charge is 2.49. The van der Waals surface area contributed by atoms with E-state index in [0.717, 1.165) is 0 Å². The van der Waals surface area contributed by atoms with Crippen LogP contribution in [-0.4, -0.2) is 16.7 Å². The number of hydrogen-bond donors (Lipinski definition) is 1. The van der Waals surface area contributed by atoms with Crippen molar-refractivity contribution in [1.82, 2.24) is 0 Å². The Morgan fingerprint density at radius 2 is 2.22 bits per heavy atom. The standard InChI is InChI=1S/C6H9FO2/c1-4-2-6(7,3-4)5(8)9/h4H,2-3H2,1H3,(H,8,9). The van der Waals surface area contributed by atoms with Gasteiger partial charge in [-0.15, -0.1) is 0 Å². The first-order valence-corrected chi connectivity index (χ1v) is 2.97. The molecule has 0 aromatic rings. The van der Waals surface area contributed by atoms with Crippen molar-refractivity contribution in [3.05, 3.63) is 0 Å². The average molecular weight is 132 g/mol.